The maximum absolute atomic E-state index is 12.8. The lowest BCUT2D eigenvalue weighted by Crippen LogP contribution is -2.48. The van der Waals surface area contributed by atoms with E-state index in [1.54, 1.807) is 0 Å². The van der Waals surface area contributed by atoms with E-state index in [4.69, 9.17) is 9.47 Å². The number of hydrogen-bond acceptors (Lipinski definition) is 4. The Kier molecular flexibility index (Phi) is 5.40. The third kappa shape index (κ3) is 3.57. The lowest BCUT2D eigenvalue weighted by Gasteiger charge is -2.35. The molecule has 0 aromatic heterocycles. The second-order valence-corrected chi connectivity index (χ2v) is 6.95. The van der Waals surface area contributed by atoms with Crippen molar-refractivity contribution in [2.45, 2.75) is 31.4 Å². The third-order valence-electron chi connectivity index (χ3n) is 4.52. The molecule has 24 heavy (non-hydrogen) atoms. The summed E-state index contributed by atoms with van der Waals surface area (Å²) < 4.78 is 11.3. The van der Waals surface area contributed by atoms with Crippen LogP contribution in [0.2, 0.25) is 0 Å². The first-order valence-corrected chi connectivity index (χ1v) is 8.91. The fourth-order valence-electron chi connectivity index (χ4n) is 3.30. The second-order valence-electron chi connectivity index (χ2n) is 6.04. The number of carbonyl (C=O) groups excluding carboxylic acids is 2. The van der Waals surface area contributed by atoms with Crippen LogP contribution in [0.3, 0.4) is 0 Å². The maximum Gasteiger partial charge on any atom is 0.410 e. The van der Waals surface area contributed by atoms with Crippen LogP contribution in [0.4, 0.5) is 4.79 Å². The average Bonchev–Trinajstić information content (AvgIpc) is 3.11. The standard InChI is InChI=1S/C17H21BrN2O4/c1-23-17(22)20-7-6-11-4-5-12(18)9-14(11)15(20)16(21)19-10-13-3-2-8-24-13/h4-5,9,13,15H,2-3,6-8,10H2,1H3,(H,19,21)/t13-,15-/m0/s1. The van der Waals surface area contributed by atoms with Crippen LogP contribution < -0.4 is 5.32 Å². The van der Waals surface area contributed by atoms with Gasteiger partial charge in [-0.1, -0.05) is 22.0 Å². The molecule has 3 rings (SSSR count). The normalized spacial score (nSPS) is 22.8. The van der Waals surface area contributed by atoms with Gasteiger partial charge in [0.25, 0.3) is 0 Å². The quantitative estimate of drug-likeness (QED) is 0.851. The van der Waals surface area contributed by atoms with E-state index in [1.807, 2.05) is 18.2 Å². The number of fused-ring (bicyclic) bond motifs is 1. The number of rotatable bonds is 3. The predicted molar refractivity (Wildman–Crippen MR) is 91.7 cm³/mol. The highest BCUT2D eigenvalue weighted by atomic mass is 79.9. The zero-order valence-corrected chi connectivity index (χ0v) is 15.2. The number of methoxy groups -OCH3 is 1. The summed E-state index contributed by atoms with van der Waals surface area (Å²) in [7, 11) is 1.33. The molecule has 2 aliphatic heterocycles. The molecule has 0 spiro atoms. The predicted octanol–water partition coefficient (Wildman–Crippen LogP) is 2.41. The van der Waals surface area contributed by atoms with Crippen LogP contribution in [-0.4, -0.2) is 49.8 Å². The van der Waals surface area contributed by atoms with Crippen molar-refractivity contribution in [1.29, 1.82) is 0 Å². The van der Waals surface area contributed by atoms with Crippen LogP contribution in [0.25, 0.3) is 0 Å². The van der Waals surface area contributed by atoms with Crippen molar-refractivity contribution in [3.63, 3.8) is 0 Å². The van der Waals surface area contributed by atoms with Crippen molar-refractivity contribution in [2.24, 2.45) is 0 Å². The Balaban J connectivity index is 1.82. The number of nitrogens with one attached hydrogen (secondary N) is 1. The van der Waals surface area contributed by atoms with E-state index < -0.39 is 12.1 Å². The van der Waals surface area contributed by atoms with E-state index in [9.17, 15) is 9.59 Å². The first-order chi connectivity index (χ1) is 11.6. The van der Waals surface area contributed by atoms with Crippen molar-refractivity contribution in [3.05, 3.63) is 33.8 Å². The van der Waals surface area contributed by atoms with Crippen molar-refractivity contribution in [3.8, 4) is 0 Å². The van der Waals surface area contributed by atoms with Crippen molar-refractivity contribution >= 4 is 27.9 Å². The first-order valence-electron chi connectivity index (χ1n) is 8.12. The molecule has 2 amide bonds. The second kappa shape index (κ2) is 7.53. The number of benzene rings is 1. The molecular formula is C17H21BrN2O4. The molecule has 1 aromatic carbocycles. The summed E-state index contributed by atoms with van der Waals surface area (Å²) in [6.45, 7) is 1.67. The van der Waals surface area contributed by atoms with Crippen LogP contribution in [0, 0.1) is 0 Å². The molecule has 1 fully saturated rings. The number of ether oxygens (including phenoxy) is 2. The smallest absolute Gasteiger partial charge is 0.410 e. The van der Waals surface area contributed by atoms with Crippen molar-refractivity contribution < 1.29 is 19.1 Å². The van der Waals surface area contributed by atoms with E-state index in [0.29, 0.717) is 19.5 Å². The number of amides is 2. The van der Waals surface area contributed by atoms with Gasteiger partial charge in [0.1, 0.15) is 6.04 Å². The lowest BCUT2D eigenvalue weighted by atomic mass is 9.92. The lowest BCUT2D eigenvalue weighted by molar-refractivity contribution is -0.127. The van der Waals surface area contributed by atoms with E-state index in [1.165, 1.54) is 12.0 Å². The highest BCUT2D eigenvalue weighted by Crippen LogP contribution is 2.32. The average molecular weight is 397 g/mol. The van der Waals surface area contributed by atoms with Crippen LogP contribution in [0.1, 0.15) is 30.0 Å². The highest BCUT2D eigenvalue weighted by Gasteiger charge is 2.37. The van der Waals surface area contributed by atoms with Crippen LogP contribution in [0.15, 0.2) is 22.7 Å². The van der Waals surface area contributed by atoms with Gasteiger partial charge in [-0.2, -0.15) is 0 Å². The molecule has 1 aromatic rings. The minimum absolute atomic E-state index is 0.0612. The minimum atomic E-state index is -0.680. The Morgan fingerprint density at radius 3 is 3.00 bits per heavy atom. The van der Waals surface area contributed by atoms with Gasteiger partial charge in [0.2, 0.25) is 5.91 Å². The minimum Gasteiger partial charge on any atom is -0.453 e. The summed E-state index contributed by atoms with van der Waals surface area (Å²) in [6.07, 6.45) is 2.25. The summed E-state index contributed by atoms with van der Waals surface area (Å²) in [5, 5.41) is 2.93. The molecule has 1 saturated heterocycles. The van der Waals surface area contributed by atoms with Crippen molar-refractivity contribution in [1.82, 2.24) is 10.2 Å². The van der Waals surface area contributed by atoms with Gasteiger partial charge >= 0.3 is 6.09 Å². The largest absolute Gasteiger partial charge is 0.453 e. The van der Waals surface area contributed by atoms with Crippen LogP contribution in [-0.2, 0) is 20.7 Å². The Bertz CT molecular complexity index is 631. The van der Waals surface area contributed by atoms with Gasteiger partial charge < -0.3 is 14.8 Å². The topological polar surface area (TPSA) is 67.9 Å². The van der Waals surface area contributed by atoms with Gasteiger partial charge in [-0.05, 0) is 42.5 Å². The molecule has 2 heterocycles. The van der Waals surface area contributed by atoms with Gasteiger partial charge in [0, 0.05) is 24.2 Å². The van der Waals surface area contributed by atoms with E-state index in [2.05, 4.69) is 21.2 Å². The summed E-state index contributed by atoms with van der Waals surface area (Å²) in [5.41, 5.74) is 1.92. The summed E-state index contributed by atoms with van der Waals surface area (Å²) in [5.74, 6) is -0.199. The Morgan fingerprint density at radius 1 is 1.46 bits per heavy atom. The fourth-order valence-corrected chi connectivity index (χ4v) is 3.68. The van der Waals surface area contributed by atoms with Crippen LogP contribution in [0.5, 0.6) is 0 Å². The van der Waals surface area contributed by atoms with E-state index >= 15 is 0 Å². The molecule has 0 saturated carbocycles. The fraction of sp³-hybridized carbons (Fsp3) is 0.529. The van der Waals surface area contributed by atoms with Gasteiger partial charge in [-0.3, -0.25) is 9.69 Å². The van der Waals surface area contributed by atoms with E-state index in [-0.39, 0.29) is 12.0 Å². The SMILES string of the molecule is COC(=O)N1CCc2ccc(Br)cc2[C@H]1C(=O)NC[C@@H]1CCCO1. The van der Waals surface area contributed by atoms with Crippen LogP contribution >= 0.6 is 15.9 Å². The highest BCUT2D eigenvalue weighted by molar-refractivity contribution is 9.10. The zero-order chi connectivity index (χ0) is 17.1. The third-order valence-corrected chi connectivity index (χ3v) is 5.01. The van der Waals surface area contributed by atoms with Gasteiger partial charge in [0.15, 0.2) is 0 Å². The molecule has 0 aliphatic carbocycles. The molecule has 0 radical (unpaired) electrons. The monoisotopic (exact) mass is 396 g/mol. The molecule has 7 heteroatoms. The Morgan fingerprint density at radius 2 is 2.29 bits per heavy atom. The molecule has 2 aliphatic rings. The molecule has 2 atom stereocenters. The molecule has 6 nitrogen and oxygen atoms in total. The van der Waals surface area contributed by atoms with Crippen molar-refractivity contribution in [2.75, 3.05) is 26.8 Å². The van der Waals surface area contributed by atoms with Gasteiger partial charge in [-0.15, -0.1) is 0 Å². The molecule has 130 valence electrons. The number of halogens is 1. The number of nitrogens with zero attached hydrogens (tertiary/aromatic N) is 1. The zero-order valence-electron chi connectivity index (χ0n) is 13.6. The molecule has 0 bridgehead atoms. The summed E-state index contributed by atoms with van der Waals surface area (Å²) in [6, 6.07) is 5.17. The Hall–Kier alpha value is -1.60. The molecule has 0 unspecified atom stereocenters. The first kappa shape index (κ1) is 17.2. The van der Waals surface area contributed by atoms with E-state index in [0.717, 1.165) is 35.0 Å². The molecular weight excluding hydrogens is 376 g/mol. The van der Waals surface area contributed by atoms with Gasteiger partial charge in [-0.25, -0.2) is 4.79 Å². The summed E-state index contributed by atoms with van der Waals surface area (Å²) in [4.78, 5) is 26.4. The molecule has 1 N–H and O–H groups in total. The maximum atomic E-state index is 12.8. The summed E-state index contributed by atoms with van der Waals surface area (Å²) >= 11 is 3.45. The number of carbonyl (C=O) groups is 2. The van der Waals surface area contributed by atoms with Gasteiger partial charge in [0.05, 0.1) is 13.2 Å². The number of hydrogen-bond donors (Lipinski definition) is 1. The Labute approximate surface area is 149 Å².